The lowest BCUT2D eigenvalue weighted by Gasteiger charge is -2.26. The van der Waals surface area contributed by atoms with Gasteiger partial charge in [0.05, 0.1) is 5.38 Å². The van der Waals surface area contributed by atoms with Crippen molar-refractivity contribution in [3.8, 4) is 0 Å². The molecule has 0 nitrogen and oxygen atoms in total. The van der Waals surface area contributed by atoms with Crippen LogP contribution in [0.1, 0.15) is 66.2 Å². The number of hydrogen-bond donors (Lipinski definition) is 0. The van der Waals surface area contributed by atoms with Crippen molar-refractivity contribution < 1.29 is 0 Å². The molecule has 0 radical (unpaired) electrons. The predicted octanol–water partition coefficient (Wildman–Crippen LogP) is 6.62. The maximum Gasteiger partial charge on any atom is 0.0593 e. The highest BCUT2D eigenvalue weighted by molar-refractivity contribution is 9.10. The summed E-state index contributed by atoms with van der Waals surface area (Å²) in [5.41, 5.74) is 5.33. The van der Waals surface area contributed by atoms with E-state index in [1.54, 1.807) is 0 Å². The fraction of sp³-hybridized carbons (Fsp3) is 0.647. The number of alkyl halides is 1. The predicted molar refractivity (Wildman–Crippen MR) is 88.1 cm³/mol. The van der Waals surface area contributed by atoms with E-state index in [0.29, 0.717) is 0 Å². The molecule has 0 N–H and O–H groups in total. The summed E-state index contributed by atoms with van der Waals surface area (Å²) < 4.78 is 1.22. The van der Waals surface area contributed by atoms with Gasteiger partial charge in [-0.2, -0.15) is 0 Å². The van der Waals surface area contributed by atoms with Crippen LogP contribution in [0.15, 0.2) is 10.5 Å². The highest BCUT2D eigenvalue weighted by Gasteiger charge is 2.22. The molecule has 1 saturated carbocycles. The number of benzene rings is 1. The first kappa shape index (κ1) is 15.4. The van der Waals surface area contributed by atoms with Crippen LogP contribution in [0.5, 0.6) is 0 Å². The quantitative estimate of drug-likeness (QED) is 0.541. The molecule has 0 heterocycles. The first-order chi connectivity index (χ1) is 9.00. The van der Waals surface area contributed by atoms with Gasteiger partial charge >= 0.3 is 0 Å². The van der Waals surface area contributed by atoms with Gasteiger partial charge in [-0.3, -0.25) is 0 Å². The van der Waals surface area contributed by atoms with Crippen LogP contribution in [0.2, 0.25) is 0 Å². The molecule has 2 heteroatoms. The molecule has 0 aromatic heterocycles. The van der Waals surface area contributed by atoms with Crippen LogP contribution in [0, 0.1) is 26.7 Å². The van der Waals surface area contributed by atoms with Gasteiger partial charge in [0.15, 0.2) is 0 Å². The lowest BCUT2D eigenvalue weighted by atomic mass is 9.83. The summed E-state index contributed by atoms with van der Waals surface area (Å²) in [6.45, 7) is 6.53. The third-order valence-electron chi connectivity index (χ3n) is 4.52. The summed E-state index contributed by atoms with van der Waals surface area (Å²) >= 11 is 10.5. The Morgan fingerprint density at radius 1 is 1.16 bits per heavy atom. The van der Waals surface area contributed by atoms with Crippen molar-refractivity contribution in [3.05, 3.63) is 32.8 Å². The maximum absolute atomic E-state index is 6.75. The first-order valence-electron chi connectivity index (χ1n) is 7.41. The Morgan fingerprint density at radius 3 is 2.42 bits per heavy atom. The summed E-state index contributed by atoms with van der Waals surface area (Å²) in [6, 6.07) is 2.25. The SMILES string of the molecule is Cc1cc(C)c(C(Cl)CC2CCCCC2)c(C)c1Br. The van der Waals surface area contributed by atoms with Crippen molar-refractivity contribution >= 4 is 27.5 Å². The van der Waals surface area contributed by atoms with Gasteiger partial charge in [-0.05, 0) is 55.4 Å². The summed E-state index contributed by atoms with van der Waals surface area (Å²) in [6.07, 6.45) is 8.08. The maximum atomic E-state index is 6.75. The second-order valence-corrected chi connectivity index (χ2v) is 7.39. The number of halogens is 2. The number of aryl methyl sites for hydroxylation is 2. The lowest BCUT2D eigenvalue weighted by Crippen LogP contribution is -2.10. The average molecular weight is 344 g/mol. The molecule has 0 amide bonds. The molecule has 106 valence electrons. The Morgan fingerprint density at radius 2 is 1.79 bits per heavy atom. The van der Waals surface area contributed by atoms with E-state index in [-0.39, 0.29) is 5.38 Å². The number of rotatable bonds is 3. The third kappa shape index (κ3) is 3.55. The van der Waals surface area contributed by atoms with Crippen LogP contribution < -0.4 is 0 Å². The normalized spacial score (nSPS) is 18.6. The topological polar surface area (TPSA) is 0 Å². The molecule has 1 fully saturated rings. The van der Waals surface area contributed by atoms with Crippen LogP contribution >= 0.6 is 27.5 Å². The largest absolute Gasteiger partial charge is 0.118 e. The van der Waals surface area contributed by atoms with E-state index in [0.717, 1.165) is 12.3 Å². The van der Waals surface area contributed by atoms with Crippen molar-refractivity contribution in [3.63, 3.8) is 0 Å². The van der Waals surface area contributed by atoms with Crippen LogP contribution in [-0.4, -0.2) is 0 Å². The van der Waals surface area contributed by atoms with Crippen LogP contribution in [0.3, 0.4) is 0 Å². The van der Waals surface area contributed by atoms with E-state index < -0.39 is 0 Å². The van der Waals surface area contributed by atoms with Gasteiger partial charge in [-0.1, -0.05) is 54.1 Å². The molecule has 1 atom stereocenters. The molecule has 0 bridgehead atoms. The monoisotopic (exact) mass is 342 g/mol. The first-order valence-corrected chi connectivity index (χ1v) is 8.64. The molecule has 0 aliphatic heterocycles. The van der Waals surface area contributed by atoms with Gasteiger partial charge in [0, 0.05) is 4.47 Å². The van der Waals surface area contributed by atoms with E-state index in [2.05, 4.69) is 42.8 Å². The van der Waals surface area contributed by atoms with Crippen LogP contribution in [-0.2, 0) is 0 Å². The molecule has 1 aromatic rings. The molecule has 19 heavy (non-hydrogen) atoms. The highest BCUT2D eigenvalue weighted by atomic mass is 79.9. The van der Waals surface area contributed by atoms with Gasteiger partial charge in [-0.15, -0.1) is 11.6 Å². The van der Waals surface area contributed by atoms with Crippen molar-refractivity contribution in [1.29, 1.82) is 0 Å². The van der Waals surface area contributed by atoms with Crippen molar-refractivity contribution in [1.82, 2.24) is 0 Å². The fourth-order valence-corrected chi connectivity index (χ4v) is 4.41. The molecule has 1 aliphatic carbocycles. The summed E-state index contributed by atoms with van der Waals surface area (Å²) in [5, 5.41) is 0.167. The van der Waals surface area contributed by atoms with E-state index in [9.17, 15) is 0 Å². The van der Waals surface area contributed by atoms with E-state index in [4.69, 9.17) is 11.6 Å². The molecule has 0 saturated heterocycles. The Kier molecular flexibility index (Phi) is 5.37. The van der Waals surface area contributed by atoms with Crippen molar-refractivity contribution in [2.45, 2.75) is 64.7 Å². The molecule has 0 spiro atoms. The standard InChI is InChI=1S/C17H24BrCl/c1-11-9-12(2)17(18)13(3)16(11)15(19)10-14-7-5-4-6-8-14/h9,14-15H,4-8,10H2,1-3H3. The minimum atomic E-state index is 0.167. The Hall–Kier alpha value is -0.0100. The third-order valence-corrected chi connectivity index (χ3v) is 6.13. The zero-order chi connectivity index (χ0) is 14.0. The van der Waals surface area contributed by atoms with Crippen LogP contribution in [0.4, 0.5) is 0 Å². The summed E-state index contributed by atoms with van der Waals surface area (Å²) in [7, 11) is 0. The Balaban J connectivity index is 2.18. The minimum Gasteiger partial charge on any atom is -0.118 e. The van der Waals surface area contributed by atoms with Crippen LogP contribution in [0.25, 0.3) is 0 Å². The van der Waals surface area contributed by atoms with E-state index in [1.807, 2.05) is 0 Å². The lowest BCUT2D eigenvalue weighted by molar-refractivity contribution is 0.336. The highest BCUT2D eigenvalue weighted by Crippen LogP contribution is 2.40. The molecule has 1 unspecified atom stereocenters. The van der Waals surface area contributed by atoms with E-state index >= 15 is 0 Å². The van der Waals surface area contributed by atoms with Gasteiger partial charge in [-0.25, -0.2) is 0 Å². The second-order valence-electron chi connectivity index (χ2n) is 6.07. The van der Waals surface area contributed by atoms with Gasteiger partial charge in [0.2, 0.25) is 0 Å². The number of hydrogen-bond acceptors (Lipinski definition) is 0. The fourth-order valence-electron chi connectivity index (χ4n) is 3.49. The summed E-state index contributed by atoms with van der Waals surface area (Å²) in [5.74, 6) is 0.829. The van der Waals surface area contributed by atoms with Gasteiger partial charge in [0.25, 0.3) is 0 Å². The molecular weight excluding hydrogens is 320 g/mol. The van der Waals surface area contributed by atoms with Gasteiger partial charge < -0.3 is 0 Å². The summed E-state index contributed by atoms with van der Waals surface area (Å²) in [4.78, 5) is 0. The van der Waals surface area contributed by atoms with Gasteiger partial charge in [0.1, 0.15) is 0 Å². The van der Waals surface area contributed by atoms with E-state index in [1.165, 1.54) is 58.8 Å². The minimum absolute atomic E-state index is 0.167. The smallest absolute Gasteiger partial charge is 0.0593 e. The molecule has 2 rings (SSSR count). The molecule has 1 aliphatic rings. The average Bonchev–Trinajstić information content (AvgIpc) is 2.37. The molecule has 1 aromatic carbocycles. The van der Waals surface area contributed by atoms with Crippen molar-refractivity contribution in [2.75, 3.05) is 0 Å². The Labute approximate surface area is 131 Å². The zero-order valence-electron chi connectivity index (χ0n) is 12.2. The molecular formula is C17H24BrCl. The van der Waals surface area contributed by atoms with Crippen molar-refractivity contribution in [2.24, 2.45) is 5.92 Å². The zero-order valence-corrected chi connectivity index (χ0v) is 14.6. The second kappa shape index (κ2) is 6.63. The Bertz CT molecular complexity index is 447.